The van der Waals surface area contributed by atoms with Gasteiger partial charge in [0.1, 0.15) is 0 Å². The molecule has 1 amide bonds. The molecule has 0 aliphatic carbocycles. The third-order valence-corrected chi connectivity index (χ3v) is 7.39. The first-order chi connectivity index (χ1) is 13.0. The van der Waals surface area contributed by atoms with E-state index in [9.17, 15) is 13.2 Å². The van der Waals surface area contributed by atoms with Crippen molar-refractivity contribution in [3.05, 3.63) is 59.7 Å². The first-order valence-electron chi connectivity index (χ1n) is 9.47. The Morgan fingerprint density at radius 3 is 2.52 bits per heavy atom. The minimum absolute atomic E-state index is 0.0826. The van der Waals surface area contributed by atoms with Crippen LogP contribution >= 0.6 is 0 Å². The monoisotopic (exact) mass is 384 g/mol. The molecule has 0 aromatic heterocycles. The van der Waals surface area contributed by atoms with Crippen molar-refractivity contribution in [1.82, 2.24) is 4.90 Å². The molecule has 2 aromatic rings. The van der Waals surface area contributed by atoms with Crippen LogP contribution < -0.4 is 4.31 Å². The maximum atomic E-state index is 13.2. The van der Waals surface area contributed by atoms with Gasteiger partial charge in [0, 0.05) is 25.2 Å². The van der Waals surface area contributed by atoms with Crippen LogP contribution in [0.15, 0.2) is 53.4 Å². The number of benzene rings is 2. The van der Waals surface area contributed by atoms with E-state index in [0.717, 1.165) is 37.2 Å². The van der Waals surface area contributed by atoms with Crippen LogP contribution in [0.4, 0.5) is 5.69 Å². The number of likely N-dealkylation sites (tertiary alicyclic amines) is 1. The first kappa shape index (κ1) is 18.0. The summed E-state index contributed by atoms with van der Waals surface area (Å²) in [5.74, 6) is 0.553. The van der Waals surface area contributed by atoms with Crippen molar-refractivity contribution >= 4 is 21.6 Å². The van der Waals surface area contributed by atoms with Crippen LogP contribution in [0.25, 0.3) is 0 Å². The fourth-order valence-corrected chi connectivity index (χ4v) is 5.42. The molecule has 6 heteroatoms. The van der Waals surface area contributed by atoms with E-state index in [0.29, 0.717) is 24.4 Å². The number of nitrogens with zero attached hydrogens (tertiary/aromatic N) is 2. The van der Waals surface area contributed by atoms with E-state index >= 15 is 0 Å². The number of amides is 1. The van der Waals surface area contributed by atoms with Crippen molar-refractivity contribution in [3.63, 3.8) is 0 Å². The van der Waals surface area contributed by atoms with Crippen molar-refractivity contribution in [2.45, 2.75) is 31.1 Å². The molecule has 1 saturated heterocycles. The Labute approximate surface area is 160 Å². The molecule has 5 nitrogen and oxygen atoms in total. The molecule has 0 saturated carbocycles. The number of rotatable bonds is 3. The minimum atomic E-state index is -3.69. The molecule has 2 aliphatic heterocycles. The number of hydrogen-bond donors (Lipinski definition) is 0. The van der Waals surface area contributed by atoms with E-state index in [2.05, 4.69) is 6.92 Å². The topological polar surface area (TPSA) is 57.7 Å². The van der Waals surface area contributed by atoms with Crippen molar-refractivity contribution in [2.24, 2.45) is 5.92 Å². The Morgan fingerprint density at radius 1 is 1.00 bits per heavy atom. The van der Waals surface area contributed by atoms with Crippen LogP contribution in [-0.2, 0) is 16.4 Å². The lowest BCUT2D eigenvalue weighted by atomic mass is 9.98. The van der Waals surface area contributed by atoms with Gasteiger partial charge in [-0.3, -0.25) is 9.10 Å². The summed E-state index contributed by atoms with van der Waals surface area (Å²) < 4.78 is 27.8. The molecule has 2 aliphatic rings. The zero-order valence-corrected chi connectivity index (χ0v) is 16.3. The normalized spacial score (nSPS) is 17.8. The summed E-state index contributed by atoms with van der Waals surface area (Å²) in [6.45, 7) is 4.10. The van der Waals surface area contributed by atoms with Gasteiger partial charge in [-0.1, -0.05) is 31.2 Å². The van der Waals surface area contributed by atoms with Crippen molar-refractivity contribution in [2.75, 3.05) is 23.9 Å². The van der Waals surface area contributed by atoms with Gasteiger partial charge in [0.2, 0.25) is 0 Å². The molecule has 0 atom stereocenters. The van der Waals surface area contributed by atoms with Crippen molar-refractivity contribution < 1.29 is 13.2 Å². The van der Waals surface area contributed by atoms with Crippen LogP contribution in [0.5, 0.6) is 0 Å². The van der Waals surface area contributed by atoms with Crippen LogP contribution in [0, 0.1) is 5.92 Å². The van der Waals surface area contributed by atoms with Crippen molar-refractivity contribution in [1.29, 1.82) is 0 Å². The maximum Gasteiger partial charge on any atom is 0.264 e. The molecule has 0 N–H and O–H groups in total. The van der Waals surface area contributed by atoms with Gasteiger partial charge in [0.05, 0.1) is 10.6 Å². The van der Waals surface area contributed by atoms with Crippen LogP contribution in [0.3, 0.4) is 0 Å². The zero-order chi connectivity index (χ0) is 19.0. The second-order valence-electron chi connectivity index (χ2n) is 7.46. The molecule has 0 radical (unpaired) electrons. The third kappa shape index (κ3) is 3.34. The van der Waals surface area contributed by atoms with Gasteiger partial charge in [-0.05, 0) is 55.0 Å². The van der Waals surface area contributed by atoms with Gasteiger partial charge in [-0.2, -0.15) is 0 Å². The Hall–Kier alpha value is -2.34. The standard InChI is InChI=1S/C21H24N2O3S/c1-16-9-12-22(13-10-16)21(24)18-6-4-7-19(15-18)27(25,26)23-14-11-17-5-2-3-8-20(17)23/h2-8,15-16H,9-14H2,1H3. The zero-order valence-electron chi connectivity index (χ0n) is 15.5. The fourth-order valence-electron chi connectivity index (χ4n) is 3.87. The second-order valence-corrected chi connectivity index (χ2v) is 9.32. The molecular weight excluding hydrogens is 360 g/mol. The highest BCUT2D eigenvalue weighted by atomic mass is 32.2. The molecule has 142 valence electrons. The number of carbonyl (C=O) groups is 1. The molecule has 2 heterocycles. The van der Waals surface area contributed by atoms with Gasteiger partial charge in [0.15, 0.2) is 0 Å². The van der Waals surface area contributed by atoms with E-state index in [1.54, 1.807) is 18.2 Å². The average molecular weight is 385 g/mol. The number of para-hydroxylation sites is 1. The predicted molar refractivity (Wildman–Crippen MR) is 105 cm³/mol. The summed E-state index contributed by atoms with van der Waals surface area (Å²) in [6, 6.07) is 14.0. The van der Waals surface area contributed by atoms with E-state index in [1.807, 2.05) is 29.2 Å². The Bertz CT molecular complexity index is 963. The van der Waals surface area contributed by atoms with Crippen molar-refractivity contribution in [3.8, 4) is 0 Å². The molecule has 1 fully saturated rings. The quantitative estimate of drug-likeness (QED) is 0.816. The average Bonchev–Trinajstić information content (AvgIpc) is 3.13. The number of piperidine rings is 1. The lowest BCUT2D eigenvalue weighted by Gasteiger charge is -2.30. The SMILES string of the molecule is CC1CCN(C(=O)c2cccc(S(=O)(=O)N3CCc4ccccc43)c2)CC1. The Morgan fingerprint density at radius 2 is 1.74 bits per heavy atom. The molecular formula is C21H24N2O3S. The number of sulfonamides is 1. The molecule has 0 spiro atoms. The first-order valence-corrected chi connectivity index (χ1v) is 10.9. The smallest absolute Gasteiger partial charge is 0.264 e. The molecule has 4 rings (SSSR count). The summed E-state index contributed by atoms with van der Waals surface area (Å²) in [5, 5.41) is 0. The highest BCUT2D eigenvalue weighted by molar-refractivity contribution is 7.92. The number of carbonyl (C=O) groups excluding carboxylic acids is 1. The molecule has 0 bridgehead atoms. The van der Waals surface area contributed by atoms with Gasteiger partial charge in [0.25, 0.3) is 15.9 Å². The van der Waals surface area contributed by atoms with Gasteiger partial charge in [-0.25, -0.2) is 8.42 Å². The Balaban J connectivity index is 1.62. The molecule has 27 heavy (non-hydrogen) atoms. The van der Waals surface area contributed by atoms with Crippen LogP contribution in [-0.4, -0.2) is 38.9 Å². The summed E-state index contributed by atoms with van der Waals surface area (Å²) in [5.41, 5.74) is 2.22. The second kappa shape index (κ2) is 7.00. The summed E-state index contributed by atoms with van der Waals surface area (Å²) in [7, 11) is -3.69. The lowest BCUT2D eigenvalue weighted by molar-refractivity contribution is 0.0697. The third-order valence-electron chi connectivity index (χ3n) is 5.58. The largest absolute Gasteiger partial charge is 0.339 e. The number of fused-ring (bicyclic) bond motifs is 1. The summed E-state index contributed by atoms with van der Waals surface area (Å²) in [6.07, 6.45) is 2.70. The molecule has 0 unspecified atom stereocenters. The van der Waals surface area contributed by atoms with E-state index in [-0.39, 0.29) is 10.8 Å². The lowest BCUT2D eigenvalue weighted by Crippen LogP contribution is -2.38. The summed E-state index contributed by atoms with van der Waals surface area (Å²) >= 11 is 0. The highest BCUT2D eigenvalue weighted by Gasteiger charge is 2.31. The summed E-state index contributed by atoms with van der Waals surface area (Å²) in [4.78, 5) is 14.8. The predicted octanol–water partition coefficient (Wildman–Crippen LogP) is 3.31. The fraction of sp³-hybridized carbons (Fsp3) is 0.381. The Kier molecular flexibility index (Phi) is 4.68. The van der Waals surface area contributed by atoms with Gasteiger partial charge < -0.3 is 4.90 Å². The van der Waals surface area contributed by atoms with Gasteiger partial charge in [-0.15, -0.1) is 0 Å². The maximum absolute atomic E-state index is 13.2. The van der Waals surface area contributed by atoms with Gasteiger partial charge >= 0.3 is 0 Å². The molecule has 2 aromatic carbocycles. The number of hydrogen-bond acceptors (Lipinski definition) is 3. The number of anilines is 1. The van der Waals surface area contributed by atoms with E-state index < -0.39 is 10.0 Å². The van der Waals surface area contributed by atoms with Crippen LogP contribution in [0.2, 0.25) is 0 Å². The van der Waals surface area contributed by atoms with E-state index in [1.165, 1.54) is 10.4 Å². The minimum Gasteiger partial charge on any atom is -0.339 e. The highest BCUT2D eigenvalue weighted by Crippen LogP contribution is 2.33. The van der Waals surface area contributed by atoms with E-state index in [4.69, 9.17) is 0 Å². The van der Waals surface area contributed by atoms with Crippen LogP contribution in [0.1, 0.15) is 35.7 Å².